The first-order valence-electron chi connectivity index (χ1n) is 7.33. The Labute approximate surface area is 105 Å². The molecule has 1 amide bonds. The van der Waals surface area contributed by atoms with E-state index in [9.17, 15) is 4.79 Å². The Morgan fingerprint density at radius 1 is 1.06 bits per heavy atom. The van der Waals surface area contributed by atoms with Crippen LogP contribution in [0.15, 0.2) is 0 Å². The van der Waals surface area contributed by atoms with Crippen molar-refractivity contribution in [1.29, 1.82) is 0 Å². The first kappa shape index (κ1) is 12.9. The van der Waals surface area contributed by atoms with Crippen molar-refractivity contribution in [2.75, 3.05) is 13.1 Å². The third kappa shape index (κ3) is 3.21. The molecule has 0 aromatic heterocycles. The molecule has 0 spiro atoms. The Morgan fingerprint density at radius 2 is 1.65 bits per heavy atom. The molecule has 3 heteroatoms. The molecule has 2 rings (SSSR count). The minimum Gasteiger partial charge on any atom is -0.339 e. The molecular weight excluding hydrogens is 212 g/mol. The average molecular weight is 238 g/mol. The molecule has 0 atom stereocenters. The van der Waals surface area contributed by atoms with Gasteiger partial charge < -0.3 is 10.6 Å². The van der Waals surface area contributed by atoms with Gasteiger partial charge in [0, 0.05) is 18.5 Å². The minimum atomic E-state index is 0.327. The van der Waals surface area contributed by atoms with Gasteiger partial charge in [0.1, 0.15) is 0 Å². The SMILES string of the molecule is NCCCN(C(=O)C1CCCC1)C1CCCC1. The molecule has 0 radical (unpaired) electrons. The number of carbonyl (C=O) groups is 1. The monoisotopic (exact) mass is 238 g/mol. The fourth-order valence-corrected chi connectivity index (χ4v) is 3.36. The molecule has 0 unspecified atom stereocenters. The molecule has 0 heterocycles. The fraction of sp³-hybridized carbons (Fsp3) is 0.929. The number of carbonyl (C=O) groups excluding carboxylic acids is 1. The number of hydrogen-bond donors (Lipinski definition) is 1. The standard InChI is InChI=1S/C14H26N2O/c15-10-5-11-16(13-8-3-4-9-13)14(17)12-6-1-2-7-12/h12-13H,1-11,15H2. The van der Waals surface area contributed by atoms with Gasteiger partial charge in [0.15, 0.2) is 0 Å². The van der Waals surface area contributed by atoms with Crippen LogP contribution in [0.5, 0.6) is 0 Å². The van der Waals surface area contributed by atoms with Crippen molar-refractivity contribution >= 4 is 5.91 Å². The van der Waals surface area contributed by atoms with Crippen molar-refractivity contribution in [3.05, 3.63) is 0 Å². The van der Waals surface area contributed by atoms with E-state index in [0.29, 0.717) is 24.4 Å². The van der Waals surface area contributed by atoms with Gasteiger partial charge in [0.25, 0.3) is 0 Å². The van der Waals surface area contributed by atoms with Crippen molar-refractivity contribution in [2.45, 2.75) is 63.8 Å². The second kappa shape index (κ2) is 6.39. The van der Waals surface area contributed by atoms with Gasteiger partial charge >= 0.3 is 0 Å². The molecular formula is C14H26N2O. The predicted octanol–water partition coefficient (Wildman–Crippen LogP) is 2.30. The lowest BCUT2D eigenvalue weighted by Crippen LogP contribution is -2.43. The van der Waals surface area contributed by atoms with Crippen LogP contribution in [0, 0.1) is 5.92 Å². The first-order valence-corrected chi connectivity index (χ1v) is 7.33. The highest BCUT2D eigenvalue weighted by atomic mass is 16.2. The van der Waals surface area contributed by atoms with Gasteiger partial charge in [-0.2, -0.15) is 0 Å². The van der Waals surface area contributed by atoms with E-state index in [1.807, 2.05) is 0 Å². The van der Waals surface area contributed by atoms with Crippen molar-refractivity contribution in [3.8, 4) is 0 Å². The van der Waals surface area contributed by atoms with Gasteiger partial charge in [-0.15, -0.1) is 0 Å². The lowest BCUT2D eigenvalue weighted by Gasteiger charge is -2.31. The highest BCUT2D eigenvalue weighted by Crippen LogP contribution is 2.30. The van der Waals surface area contributed by atoms with Crippen molar-refractivity contribution in [2.24, 2.45) is 11.7 Å². The van der Waals surface area contributed by atoms with E-state index in [2.05, 4.69) is 4.90 Å². The average Bonchev–Trinajstić information content (AvgIpc) is 3.02. The molecule has 0 saturated heterocycles. The van der Waals surface area contributed by atoms with Crippen LogP contribution in [0.25, 0.3) is 0 Å². The van der Waals surface area contributed by atoms with Crippen LogP contribution in [0.2, 0.25) is 0 Å². The summed E-state index contributed by atoms with van der Waals surface area (Å²) in [7, 11) is 0. The van der Waals surface area contributed by atoms with Crippen molar-refractivity contribution < 1.29 is 4.79 Å². The lowest BCUT2D eigenvalue weighted by molar-refractivity contribution is -0.137. The van der Waals surface area contributed by atoms with Crippen LogP contribution in [-0.2, 0) is 4.79 Å². The van der Waals surface area contributed by atoms with Crippen LogP contribution in [-0.4, -0.2) is 29.9 Å². The van der Waals surface area contributed by atoms with Gasteiger partial charge in [0.05, 0.1) is 0 Å². The van der Waals surface area contributed by atoms with E-state index in [1.54, 1.807) is 0 Å². The minimum absolute atomic E-state index is 0.327. The van der Waals surface area contributed by atoms with E-state index in [4.69, 9.17) is 5.73 Å². The summed E-state index contributed by atoms with van der Waals surface area (Å²) >= 11 is 0. The second-order valence-corrected chi connectivity index (χ2v) is 5.59. The van der Waals surface area contributed by atoms with E-state index < -0.39 is 0 Å². The summed E-state index contributed by atoms with van der Waals surface area (Å²) < 4.78 is 0. The summed E-state index contributed by atoms with van der Waals surface area (Å²) in [5, 5.41) is 0. The van der Waals surface area contributed by atoms with E-state index in [0.717, 1.165) is 25.8 Å². The Hall–Kier alpha value is -0.570. The molecule has 0 aliphatic heterocycles. The van der Waals surface area contributed by atoms with Gasteiger partial charge in [-0.1, -0.05) is 25.7 Å². The van der Waals surface area contributed by atoms with E-state index in [1.165, 1.54) is 38.5 Å². The van der Waals surface area contributed by atoms with Crippen LogP contribution < -0.4 is 5.73 Å². The van der Waals surface area contributed by atoms with Gasteiger partial charge in [-0.05, 0) is 38.6 Å². The van der Waals surface area contributed by atoms with Crippen molar-refractivity contribution in [1.82, 2.24) is 4.90 Å². The van der Waals surface area contributed by atoms with Crippen LogP contribution in [0.4, 0.5) is 0 Å². The van der Waals surface area contributed by atoms with Crippen LogP contribution in [0.1, 0.15) is 57.8 Å². The van der Waals surface area contributed by atoms with E-state index in [-0.39, 0.29) is 0 Å². The molecule has 2 aliphatic rings. The Kier molecular flexibility index (Phi) is 4.84. The molecule has 3 nitrogen and oxygen atoms in total. The Morgan fingerprint density at radius 3 is 2.24 bits per heavy atom. The number of rotatable bonds is 5. The second-order valence-electron chi connectivity index (χ2n) is 5.59. The number of nitrogens with two attached hydrogens (primary N) is 1. The topological polar surface area (TPSA) is 46.3 Å². The van der Waals surface area contributed by atoms with Crippen LogP contribution in [0.3, 0.4) is 0 Å². The third-order valence-corrected chi connectivity index (χ3v) is 4.36. The van der Waals surface area contributed by atoms with Gasteiger partial charge in [0.2, 0.25) is 5.91 Å². The smallest absolute Gasteiger partial charge is 0.225 e. The normalized spacial score (nSPS) is 22.2. The summed E-state index contributed by atoms with van der Waals surface area (Å²) in [5.74, 6) is 0.760. The first-order chi connectivity index (χ1) is 8.33. The lowest BCUT2D eigenvalue weighted by atomic mass is 10.0. The highest BCUT2D eigenvalue weighted by Gasteiger charge is 2.32. The summed E-state index contributed by atoms with van der Waals surface area (Å²) in [6.07, 6.45) is 10.7. The molecule has 0 aromatic carbocycles. The zero-order valence-electron chi connectivity index (χ0n) is 10.9. The highest BCUT2D eigenvalue weighted by molar-refractivity contribution is 5.79. The maximum atomic E-state index is 12.5. The third-order valence-electron chi connectivity index (χ3n) is 4.36. The predicted molar refractivity (Wildman–Crippen MR) is 69.6 cm³/mol. The maximum absolute atomic E-state index is 12.5. The molecule has 2 aliphatic carbocycles. The number of hydrogen-bond acceptors (Lipinski definition) is 2. The largest absolute Gasteiger partial charge is 0.339 e. The Balaban J connectivity index is 1.94. The van der Waals surface area contributed by atoms with Gasteiger partial charge in [-0.3, -0.25) is 4.79 Å². The van der Waals surface area contributed by atoms with Crippen LogP contribution >= 0.6 is 0 Å². The summed E-state index contributed by atoms with van der Waals surface area (Å²) in [6, 6.07) is 0.523. The summed E-state index contributed by atoms with van der Waals surface area (Å²) in [4.78, 5) is 14.7. The van der Waals surface area contributed by atoms with Crippen molar-refractivity contribution in [3.63, 3.8) is 0 Å². The molecule has 2 saturated carbocycles. The Bertz CT molecular complexity index is 243. The van der Waals surface area contributed by atoms with E-state index >= 15 is 0 Å². The molecule has 0 bridgehead atoms. The molecule has 2 fully saturated rings. The summed E-state index contributed by atoms with van der Waals surface area (Å²) in [5.41, 5.74) is 5.59. The zero-order chi connectivity index (χ0) is 12.1. The molecule has 98 valence electrons. The zero-order valence-corrected chi connectivity index (χ0v) is 10.9. The molecule has 2 N–H and O–H groups in total. The van der Waals surface area contributed by atoms with Gasteiger partial charge in [-0.25, -0.2) is 0 Å². The number of amides is 1. The molecule has 17 heavy (non-hydrogen) atoms. The number of nitrogens with zero attached hydrogens (tertiary/aromatic N) is 1. The fourth-order valence-electron chi connectivity index (χ4n) is 3.36. The quantitative estimate of drug-likeness (QED) is 0.799. The maximum Gasteiger partial charge on any atom is 0.225 e. The molecule has 0 aromatic rings. The summed E-state index contributed by atoms with van der Waals surface area (Å²) in [6.45, 7) is 1.58.